The van der Waals surface area contributed by atoms with E-state index in [1.165, 1.54) is 26.2 Å². The van der Waals surface area contributed by atoms with Gasteiger partial charge in [-0.1, -0.05) is 37.8 Å². The highest BCUT2D eigenvalue weighted by Crippen LogP contribution is 2.68. The van der Waals surface area contributed by atoms with Crippen LogP contribution < -0.4 is 0 Å². The Balaban J connectivity index is 1.26. The highest BCUT2D eigenvalue weighted by molar-refractivity contribution is 5.97. The lowest BCUT2D eigenvalue weighted by Gasteiger charge is -2.61. The first-order chi connectivity index (χ1) is 17.9. The zero-order valence-corrected chi connectivity index (χ0v) is 23.3. The molecule has 0 amide bonds. The number of benzene rings is 1. The molecule has 5 rings (SSSR count). The number of carbonyl (C=O) groups is 3. The van der Waals surface area contributed by atoms with Gasteiger partial charge in [0.25, 0.3) is 0 Å². The first kappa shape index (κ1) is 27.1. The summed E-state index contributed by atoms with van der Waals surface area (Å²) in [6.07, 6.45) is 9.38. The fourth-order valence-corrected chi connectivity index (χ4v) is 9.21. The Bertz CT molecular complexity index is 1170. The van der Waals surface area contributed by atoms with Crippen molar-refractivity contribution in [3.63, 3.8) is 0 Å². The number of esters is 1. The van der Waals surface area contributed by atoms with Crippen LogP contribution in [0.3, 0.4) is 0 Å². The second-order valence-corrected chi connectivity index (χ2v) is 13.2. The highest BCUT2D eigenvalue weighted by Gasteiger charge is 2.61. The molecule has 0 saturated heterocycles. The number of ketones is 2. The fourth-order valence-electron chi connectivity index (χ4n) is 9.21. The molecular weight excluding hydrogens is 476 g/mol. The van der Waals surface area contributed by atoms with Gasteiger partial charge in [-0.05, 0) is 111 Å². The third-order valence-electron chi connectivity index (χ3n) is 11.3. The van der Waals surface area contributed by atoms with Crippen molar-refractivity contribution in [2.45, 2.75) is 91.1 Å². The summed E-state index contributed by atoms with van der Waals surface area (Å²) in [7, 11) is 0. The SMILES string of the molecule is CC(=O)OCC(=O)c1ccc(C#C[C@@]2(O)CC[C@@]3(C)[C@H](CC[C@@H]4[C@@H]3CC[C@]3(C)[C@@H](C(C)=O)CC[C@@H]43)C2)cc1. The third-order valence-corrected chi connectivity index (χ3v) is 11.3. The molecule has 1 aromatic rings. The Kier molecular flexibility index (Phi) is 7.10. The second-order valence-electron chi connectivity index (χ2n) is 13.2. The monoisotopic (exact) mass is 518 g/mol. The first-order valence-electron chi connectivity index (χ1n) is 14.5. The van der Waals surface area contributed by atoms with Gasteiger partial charge in [0, 0.05) is 24.0 Å². The Hall–Kier alpha value is -2.45. The van der Waals surface area contributed by atoms with Crippen molar-refractivity contribution >= 4 is 17.5 Å². The standard InChI is InChI=1S/C33H42O5/c1-21(34)27-11-12-28-26-10-9-25-19-33(37,18-17-31(25,3)29(26)14-15-32(27,28)4)16-13-23-5-7-24(8-6-23)30(36)20-38-22(2)35/h5-8,25-29,37H,9-12,14-15,17-20H2,1-4H3/t25-,26+,27-,28+,29+,31+,32-,33-/m1/s1. The molecular formula is C33H42O5. The van der Waals surface area contributed by atoms with Crippen LogP contribution >= 0.6 is 0 Å². The number of rotatable bonds is 4. The summed E-state index contributed by atoms with van der Waals surface area (Å²) >= 11 is 0. The molecule has 1 N–H and O–H groups in total. The van der Waals surface area contributed by atoms with Crippen LogP contribution in [0, 0.1) is 52.3 Å². The van der Waals surface area contributed by atoms with Gasteiger partial charge in [-0.25, -0.2) is 0 Å². The van der Waals surface area contributed by atoms with E-state index in [4.69, 9.17) is 4.74 Å². The molecule has 5 heteroatoms. The Labute approximate surface area is 227 Å². The van der Waals surface area contributed by atoms with Crippen molar-refractivity contribution in [3.05, 3.63) is 35.4 Å². The van der Waals surface area contributed by atoms with Gasteiger partial charge < -0.3 is 9.84 Å². The Morgan fingerprint density at radius 2 is 1.63 bits per heavy atom. The summed E-state index contributed by atoms with van der Waals surface area (Å²) < 4.78 is 4.79. The molecule has 5 nitrogen and oxygen atoms in total. The summed E-state index contributed by atoms with van der Waals surface area (Å²) in [6, 6.07) is 6.94. The molecule has 4 aliphatic rings. The molecule has 0 unspecified atom stereocenters. The molecule has 0 bridgehead atoms. The normalized spacial score (nSPS) is 39.6. The minimum absolute atomic E-state index is 0.178. The summed E-state index contributed by atoms with van der Waals surface area (Å²) in [5.41, 5.74) is 0.652. The molecule has 0 aromatic heterocycles. The van der Waals surface area contributed by atoms with Gasteiger partial charge in [0.2, 0.25) is 0 Å². The number of hydrogen-bond acceptors (Lipinski definition) is 5. The van der Waals surface area contributed by atoms with E-state index in [1.807, 2.05) is 0 Å². The number of hydrogen-bond donors (Lipinski definition) is 1. The maximum Gasteiger partial charge on any atom is 0.303 e. The average molecular weight is 519 g/mol. The molecule has 1 aromatic carbocycles. The lowest BCUT2D eigenvalue weighted by molar-refractivity contribution is -0.144. The summed E-state index contributed by atoms with van der Waals surface area (Å²) in [5.74, 6) is 8.77. The van der Waals surface area contributed by atoms with Crippen LogP contribution in [0.5, 0.6) is 0 Å². The molecule has 4 saturated carbocycles. The minimum atomic E-state index is -0.989. The lowest BCUT2D eigenvalue weighted by Crippen LogP contribution is -2.56. The molecule has 204 valence electrons. The number of Topliss-reactive ketones (excluding diaryl/α,β-unsaturated/α-hetero) is 2. The number of carbonyl (C=O) groups excluding carboxylic acids is 3. The highest BCUT2D eigenvalue weighted by atomic mass is 16.5. The Morgan fingerprint density at radius 1 is 0.921 bits per heavy atom. The topological polar surface area (TPSA) is 80.7 Å². The van der Waals surface area contributed by atoms with E-state index in [-0.39, 0.29) is 29.1 Å². The average Bonchev–Trinajstić information content (AvgIpc) is 3.24. The van der Waals surface area contributed by atoms with Crippen molar-refractivity contribution in [1.82, 2.24) is 0 Å². The quantitative estimate of drug-likeness (QED) is 0.311. The van der Waals surface area contributed by atoms with Crippen LogP contribution in [-0.2, 0) is 14.3 Å². The lowest BCUT2D eigenvalue weighted by atomic mass is 9.44. The van der Waals surface area contributed by atoms with Crippen molar-refractivity contribution in [3.8, 4) is 11.8 Å². The van der Waals surface area contributed by atoms with E-state index in [0.29, 0.717) is 41.4 Å². The molecule has 0 spiro atoms. The number of aliphatic hydroxyl groups is 1. The zero-order valence-electron chi connectivity index (χ0n) is 23.3. The van der Waals surface area contributed by atoms with E-state index >= 15 is 0 Å². The van der Waals surface area contributed by atoms with Gasteiger partial charge >= 0.3 is 5.97 Å². The van der Waals surface area contributed by atoms with Crippen molar-refractivity contribution in [2.24, 2.45) is 40.4 Å². The van der Waals surface area contributed by atoms with Gasteiger partial charge in [0.15, 0.2) is 12.4 Å². The molecule has 8 atom stereocenters. The van der Waals surface area contributed by atoms with Gasteiger partial charge in [-0.2, -0.15) is 0 Å². The van der Waals surface area contributed by atoms with Crippen LogP contribution in [0.2, 0.25) is 0 Å². The Morgan fingerprint density at radius 3 is 2.32 bits per heavy atom. The van der Waals surface area contributed by atoms with Gasteiger partial charge in [-0.3, -0.25) is 14.4 Å². The predicted octanol–water partition coefficient (Wildman–Crippen LogP) is 5.76. The van der Waals surface area contributed by atoms with Crippen molar-refractivity contribution in [2.75, 3.05) is 6.61 Å². The number of ether oxygens (including phenoxy) is 1. The van der Waals surface area contributed by atoms with Gasteiger partial charge in [-0.15, -0.1) is 0 Å². The van der Waals surface area contributed by atoms with Gasteiger partial charge in [0.05, 0.1) is 0 Å². The fraction of sp³-hybridized carbons (Fsp3) is 0.667. The largest absolute Gasteiger partial charge is 0.457 e. The molecule has 0 radical (unpaired) electrons. The minimum Gasteiger partial charge on any atom is -0.457 e. The maximum atomic E-state index is 12.4. The van der Waals surface area contributed by atoms with E-state index in [9.17, 15) is 19.5 Å². The number of fused-ring (bicyclic) bond motifs is 5. The molecule has 0 heterocycles. The van der Waals surface area contributed by atoms with Crippen LogP contribution in [0.15, 0.2) is 24.3 Å². The van der Waals surface area contributed by atoms with Crippen LogP contribution in [0.1, 0.15) is 101 Å². The van der Waals surface area contributed by atoms with Crippen molar-refractivity contribution < 1.29 is 24.2 Å². The van der Waals surface area contributed by atoms with Crippen LogP contribution in [0.4, 0.5) is 0 Å². The molecule has 0 aliphatic heterocycles. The zero-order chi connectivity index (χ0) is 27.3. The van der Waals surface area contributed by atoms with E-state index < -0.39 is 11.6 Å². The molecule has 4 fully saturated rings. The molecule has 38 heavy (non-hydrogen) atoms. The van der Waals surface area contributed by atoms with Crippen LogP contribution in [-0.4, -0.2) is 34.9 Å². The van der Waals surface area contributed by atoms with E-state index in [2.05, 4.69) is 25.7 Å². The van der Waals surface area contributed by atoms with E-state index in [0.717, 1.165) is 37.7 Å². The molecule has 4 aliphatic carbocycles. The van der Waals surface area contributed by atoms with E-state index in [1.54, 1.807) is 31.2 Å². The first-order valence-corrected chi connectivity index (χ1v) is 14.5. The summed E-state index contributed by atoms with van der Waals surface area (Å²) in [5, 5.41) is 11.5. The summed E-state index contributed by atoms with van der Waals surface area (Å²) in [4.78, 5) is 35.5. The maximum absolute atomic E-state index is 12.4. The second kappa shape index (κ2) is 9.94. The van der Waals surface area contributed by atoms with Crippen molar-refractivity contribution in [1.29, 1.82) is 0 Å². The van der Waals surface area contributed by atoms with Crippen LogP contribution in [0.25, 0.3) is 0 Å². The smallest absolute Gasteiger partial charge is 0.303 e. The summed E-state index contributed by atoms with van der Waals surface area (Å²) in [6.45, 7) is 7.69. The predicted molar refractivity (Wildman–Crippen MR) is 145 cm³/mol. The third kappa shape index (κ3) is 4.75. The van der Waals surface area contributed by atoms with Gasteiger partial charge in [0.1, 0.15) is 11.4 Å².